The molecule has 1 aromatic heterocycles. The van der Waals surface area contributed by atoms with Crippen LogP contribution in [0.15, 0.2) is 36.7 Å². The van der Waals surface area contributed by atoms with Crippen molar-refractivity contribution in [1.82, 2.24) is 9.97 Å². The van der Waals surface area contributed by atoms with E-state index in [4.69, 9.17) is 16.3 Å². The number of carbonyl (C=O) groups excluding carboxylic acids is 1. The first-order valence-corrected chi connectivity index (χ1v) is 6.74. The van der Waals surface area contributed by atoms with Gasteiger partial charge < -0.3 is 4.74 Å². The number of carbonyl (C=O) groups is 1. The van der Waals surface area contributed by atoms with Gasteiger partial charge >= 0.3 is 5.97 Å². The summed E-state index contributed by atoms with van der Waals surface area (Å²) in [6.45, 7) is 3.89. The zero-order valence-electron chi connectivity index (χ0n) is 11.3. The number of aromatic nitrogens is 2. The first-order chi connectivity index (χ1) is 9.63. The lowest BCUT2D eigenvalue weighted by Crippen LogP contribution is -2.15. The summed E-state index contributed by atoms with van der Waals surface area (Å²) in [6, 6.07) is 7.27. The number of benzene rings is 1. The molecule has 0 aliphatic carbocycles. The second kappa shape index (κ2) is 6.48. The van der Waals surface area contributed by atoms with E-state index in [0.29, 0.717) is 23.0 Å². The van der Waals surface area contributed by atoms with E-state index in [-0.39, 0.29) is 5.97 Å². The van der Waals surface area contributed by atoms with Gasteiger partial charge in [0.2, 0.25) is 0 Å². The van der Waals surface area contributed by atoms with E-state index in [1.165, 1.54) is 0 Å². The second-order valence-electron chi connectivity index (χ2n) is 4.27. The highest BCUT2D eigenvalue weighted by atomic mass is 35.5. The average Bonchev–Trinajstić information content (AvgIpc) is 2.47. The Balaban J connectivity index is 2.40. The van der Waals surface area contributed by atoms with Crippen molar-refractivity contribution in [2.45, 2.75) is 19.8 Å². The van der Waals surface area contributed by atoms with E-state index >= 15 is 0 Å². The number of ether oxygens (including phenoxy) is 1. The largest absolute Gasteiger partial charge is 0.465 e. The van der Waals surface area contributed by atoms with E-state index in [1.807, 2.05) is 12.1 Å². The number of halogens is 1. The number of hydrogen-bond acceptors (Lipinski definition) is 4. The minimum Gasteiger partial charge on any atom is -0.465 e. The van der Waals surface area contributed by atoms with Crippen LogP contribution >= 0.6 is 11.6 Å². The molecule has 20 heavy (non-hydrogen) atoms. The van der Waals surface area contributed by atoms with Gasteiger partial charge in [0.05, 0.1) is 23.9 Å². The fraction of sp³-hybridized carbons (Fsp3) is 0.267. The minimum absolute atomic E-state index is 0.303. The molecule has 4 nitrogen and oxygen atoms in total. The Hall–Kier alpha value is -1.94. The van der Waals surface area contributed by atoms with Crippen LogP contribution in [-0.2, 0) is 9.53 Å². The monoisotopic (exact) mass is 290 g/mol. The van der Waals surface area contributed by atoms with Gasteiger partial charge in [0, 0.05) is 23.0 Å². The van der Waals surface area contributed by atoms with Crippen LogP contribution in [0.25, 0.3) is 11.3 Å². The summed E-state index contributed by atoms with van der Waals surface area (Å²) in [4.78, 5) is 20.5. The molecule has 2 rings (SSSR count). The molecule has 0 amide bonds. The molecule has 0 N–H and O–H groups in total. The Morgan fingerprint density at radius 2 is 1.90 bits per heavy atom. The molecular formula is C15H15ClN2O2. The maximum absolute atomic E-state index is 11.9. The van der Waals surface area contributed by atoms with Crippen LogP contribution in [0.2, 0.25) is 5.02 Å². The van der Waals surface area contributed by atoms with E-state index in [2.05, 4.69) is 9.97 Å². The highest BCUT2D eigenvalue weighted by Crippen LogP contribution is 2.27. The van der Waals surface area contributed by atoms with Crippen molar-refractivity contribution in [3.63, 3.8) is 0 Å². The first-order valence-electron chi connectivity index (χ1n) is 6.37. The SMILES string of the molecule is CCOC(=O)C(C)c1nccnc1-c1ccc(Cl)cc1. The van der Waals surface area contributed by atoms with Gasteiger partial charge in [-0.05, 0) is 26.0 Å². The molecule has 0 aliphatic heterocycles. The van der Waals surface area contributed by atoms with Crippen molar-refractivity contribution in [3.8, 4) is 11.3 Å². The molecule has 104 valence electrons. The topological polar surface area (TPSA) is 52.1 Å². The quantitative estimate of drug-likeness (QED) is 0.809. The van der Waals surface area contributed by atoms with Crippen molar-refractivity contribution >= 4 is 17.6 Å². The molecule has 0 saturated heterocycles. The van der Waals surface area contributed by atoms with Crippen LogP contribution in [0.4, 0.5) is 0 Å². The molecule has 0 fully saturated rings. The highest BCUT2D eigenvalue weighted by molar-refractivity contribution is 6.30. The van der Waals surface area contributed by atoms with Gasteiger partial charge in [0.1, 0.15) is 0 Å². The Kier molecular flexibility index (Phi) is 4.69. The van der Waals surface area contributed by atoms with Crippen molar-refractivity contribution < 1.29 is 9.53 Å². The lowest BCUT2D eigenvalue weighted by Gasteiger charge is -2.13. The summed E-state index contributed by atoms with van der Waals surface area (Å²) in [5, 5.41) is 0.651. The molecule has 0 radical (unpaired) electrons. The Bertz CT molecular complexity index is 599. The molecule has 1 aromatic carbocycles. The molecule has 0 saturated carbocycles. The molecule has 1 unspecified atom stereocenters. The number of rotatable bonds is 4. The van der Waals surface area contributed by atoms with Crippen LogP contribution in [0.5, 0.6) is 0 Å². The second-order valence-corrected chi connectivity index (χ2v) is 4.71. The Morgan fingerprint density at radius 3 is 2.55 bits per heavy atom. The molecular weight excluding hydrogens is 276 g/mol. The number of nitrogens with zero attached hydrogens (tertiary/aromatic N) is 2. The zero-order valence-corrected chi connectivity index (χ0v) is 12.1. The number of esters is 1. The molecule has 2 aromatic rings. The van der Waals surface area contributed by atoms with Gasteiger partial charge in [-0.1, -0.05) is 23.7 Å². The van der Waals surface area contributed by atoms with Crippen LogP contribution in [0, 0.1) is 0 Å². The average molecular weight is 291 g/mol. The van der Waals surface area contributed by atoms with Crippen LogP contribution < -0.4 is 0 Å². The number of hydrogen-bond donors (Lipinski definition) is 0. The molecule has 0 aliphatic rings. The van der Waals surface area contributed by atoms with Crippen molar-refractivity contribution in [2.24, 2.45) is 0 Å². The van der Waals surface area contributed by atoms with E-state index in [1.54, 1.807) is 38.4 Å². The third kappa shape index (κ3) is 3.14. The highest BCUT2D eigenvalue weighted by Gasteiger charge is 2.22. The first kappa shape index (κ1) is 14.5. The molecule has 0 bridgehead atoms. The Morgan fingerprint density at radius 1 is 1.25 bits per heavy atom. The molecule has 1 atom stereocenters. The molecule has 5 heteroatoms. The van der Waals surface area contributed by atoms with Gasteiger partial charge in [-0.3, -0.25) is 14.8 Å². The van der Waals surface area contributed by atoms with Crippen molar-refractivity contribution in [3.05, 3.63) is 47.4 Å². The summed E-state index contributed by atoms with van der Waals surface area (Å²) < 4.78 is 5.04. The van der Waals surface area contributed by atoms with Crippen molar-refractivity contribution in [2.75, 3.05) is 6.61 Å². The van der Waals surface area contributed by atoms with Gasteiger partial charge in [0.15, 0.2) is 0 Å². The summed E-state index contributed by atoms with van der Waals surface area (Å²) in [6.07, 6.45) is 3.18. The summed E-state index contributed by atoms with van der Waals surface area (Å²) >= 11 is 5.88. The maximum atomic E-state index is 11.9. The van der Waals surface area contributed by atoms with Gasteiger partial charge in [-0.25, -0.2) is 0 Å². The van der Waals surface area contributed by atoms with Crippen molar-refractivity contribution in [1.29, 1.82) is 0 Å². The van der Waals surface area contributed by atoms with E-state index in [0.717, 1.165) is 5.56 Å². The third-order valence-corrected chi connectivity index (χ3v) is 3.15. The lowest BCUT2D eigenvalue weighted by molar-refractivity contribution is -0.144. The zero-order chi connectivity index (χ0) is 14.5. The summed E-state index contributed by atoms with van der Waals surface area (Å²) in [5.41, 5.74) is 2.15. The van der Waals surface area contributed by atoms with Gasteiger partial charge in [0.25, 0.3) is 0 Å². The fourth-order valence-electron chi connectivity index (χ4n) is 1.87. The van der Waals surface area contributed by atoms with E-state index < -0.39 is 5.92 Å². The molecule has 0 spiro atoms. The van der Waals surface area contributed by atoms with Crippen LogP contribution in [-0.4, -0.2) is 22.5 Å². The Labute approximate surface area is 122 Å². The summed E-state index contributed by atoms with van der Waals surface area (Å²) in [7, 11) is 0. The maximum Gasteiger partial charge on any atom is 0.314 e. The smallest absolute Gasteiger partial charge is 0.314 e. The van der Waals surface area contributed by atoms with Crippen LogP contribution in [0.3, 0.4) is 0 Å². The van der Waals surface area contributed by atoms with Crippen LogP contribution in [0.1, 0.15) is 25.5 Å². The summed E-state index contributed by atoms with van der Waals surface area (Å²) in [5.74, 6) is -0.766. The predicted octanol–water partition coefficient (Wildman–Crippen LogP) is 3.46. The minimum atomic E-state index is -0.464. The fourth-order valence-corrected chi connectivity index (χ4v) is 2.00. The lowest BCUT2D eigenvalue weighted by atomic mass is 10.0. The predicted molar refractivity (Wildman–Crippen MR) is 77.5 cm³/mol. The van der Waals surface area contributed by atoms with E-state index in [9.17, 15) is 4.79 Å². The third-order valence-electron chi connectivity index (χ3n) is 2.89. The normalized spacial score (nSPS) is 11.9. The van der Waals surface area contributed by atoms with Gasteiger partial charge in [-0.15, -0.1) is 0 Å². The standard InChI is InChI=1S/C15H15ClN2O2/c1-3-20-15(19)10(2)13-14(18-9-8-17-13)11-4-6-12(16)7-5-11/h4-10H,3H2,1-2H3. The molecule has 1 heterocycles. The van der Waals surface area contributed by atoms with Gasteiger partial charge in [-0.2, -0.15) is 0 Å².